The van der Waals surface area contributed by atoms with Gasteiger partial charge in [-0.05, 0) is 25.1 Å². The maximum atomic E-state index is 11.1. The van der Waals surface area contributed by atoms with Crippen LogP contribution in [0.25, 0.3) is 10.2 Å². The molecule has 0 unspecified atom stereocenters. The number of carbonyl (C=O) groups is 1. The van der Waals surface area contributed by atoms with Gasteiger partial charge in [0.25, 0.3) is 0 Å². The van der Waals surface area contributed by atoms with Crippen LogP contribution in [0.15, 0.2) is 23.7 Å². The molecule has 1 aromatic heterocycles. The Morgan fingerprint density at radius 1 is 1.53 bits per heavy atom. The Morgan fingerprint density at radius 3 is 3.24 bits per heavy atom. The molecule has 4 heteroatoms. The first-order valence-corrected chi connectivity index (χ1v) is 6.15. The van der Waals surface area contributed by atoms with Crippen LogP contribution in [-0.2, 0) is 9.53 Å². The van der Waals surface area contributed by atoms with Crippen molar-refractivity contribution in [2.45, 2.75) is 13.3 Å². The van der Waals surface area contributed by atoms with E-state index in [4.69, 9.17) is 4.74 Å². The lowest BCUT2D eigenvalue weighted by molar-refractivity contribution is -0.141. The predicted molar refractivity (Wildman–Crippen MR) is 67.7 cm³/mol. The van der Waals surface area contributed by atoms with Gasteiger partial charge in [-0.3, -0.25) is 4.79 Å². The van der Waals surface area contributed by atoms with Crippen LogP contribution < -0.4 is 0 Å². The van der Waals surface area contributed by atoms with E-state index in [1.807, 2.05) is 18.2 Å². The smallest absolute Gasteiger partial charge is 0.317 e. The Hall–Kier alpha value is -1.86. The molecule has 0 aliphatic carbocycles. The summed E-state index contributed by atoms with van der Waals surface area (Å²) in [6.45, 7) is 2.18. The molecule has 0 amide bonds. The summed E-state index contributed by atoms with van der Waals surface area (Å²) in [5.41, 5.74) is 3.68. The summed E-state index contributed by atoms with van der Waals surface area (Å²) in [5.74, 6) is 5.47. The minimum atomic E-state index is -0.279. The summed E-state index contributed by atoms with van der Waals surface area (Å²) in [7, 11) is 0. The van der Waals surface area contributed by atoms with Gasteiger partial charge in [0.1, 0.15) is 6.42 Å². The first-order chi connectivity index (χ1) is 8.29. The largest absolute Gasteiger partial charge is 0.465 e. The van der Waals surface area contributed by atoms with Gasteiger partial charge in [0.05, 0.1) is 22.3 Å². The highest BCUT2D eigenvalue weighted by molar-refractivity contribution is 7.16. The lowest BCUT2D eigenvalue weighted by Crippen LogP contribution is -2.01. The van der Waals surface area contributed by atoms with E-state index in [1.54, 1.807) is 23.8 Å². The van der Waals surface area contributed by atoms with Gasteiger partial charge in [0.15, 0.2) is 0 Å². The quantitative estimate of drug-likeness (QED) is 0.603. The molecule has 0 saturated heterocycles. The fraction of sp³-hybridized carbons (Fsp3) is 0.231. The summed E-state index contributed by atoms with van der Waals surface area (Å²) in [4.78, 5) is 15.3. The molecule has 0 atom stereocenters. The normalized spacial score (nSPS) is 9.71. The standard InChI is InChI=1S/C13H11NO2S/c1-2-16-13(15)5-3-4-10-6-7-11-12(8-10)17-9-14-11/h6-9H,2,5H2,1H3. The summed E-state index contributed by atoms with van der Waals surface area (Å²) in [6.07, 6.45) is 0.133. The van der Waals surface area contributed by atoms with Crippen molar-refractivity contribution in [2.24, 2.45) is 0 Å². The fourth-order valence-electron chi connectivity index (χ4n) is 1.36. The van der Waals surface area contributed by atoms with Crippen molar-refractivity contribution in [3.8, 4) is 11.8 Å². The maximum Gasteiger partial charge on any atom is 0.317 e. The van der Waals surface area contributed by atoms with E-state index in [0.29, 0.717) is 6.61 Å². The number of rotatable bonds is 2. The van der Waals surface area contributed by atoms with Gasteiger partial charge in [-0.25, -0.2) is 4.98 Å². The van der Waals surface area contributed by atoms with E-state index < -0.39 is 0 Å². The van der Waals surface area contributed by atoms with Crippen molar-refractivity contribution >= 4 is 27.5 Å². The van der Waals surface area contributed by atoms with E-state index in [2.05, 4.69) is 16.8 Å². The highest BCUT2D eigenvalue weighted by Crippen LogP contribution is 2.18. The minimum absolute atomic E-state index is 0.133. The molecule has 0 aliphatic rings. The summed E-state index contributed by atoms with van der Waals surface area (Å²) in [6, 6.07) is 5.81. The van der Waals surface area contributed by atoms with Crippen LogP contribution in [0.4, 0.5) is 0 Å². The molecule has 0 fully saturated rings. The maximum absolute atomic E-state index is 11.1. The lowest BCUT2D eigenvalue weighted by Gasteiger charge is -1.94. The molecule has 0 radical (unpaired) electrons. The Morgan fingerprint density at radius 2 is 2.41 bits per heavy atom. The number of ether oxygens (including phenoxy) is 1. The lowest BCUT2D eigenvalue weighted by atomic mass is 10.2. The second-order valence-corrected chi connectivity index (χ2v) is 4.20. The Kier molecular flexibility index (Phi) is 3.73. The topological polar surface area (TPSA) is 39.2 Å². The molecule has 0 saturated carbocycles. The van der Waals surface area contributed by atoms with E-state index in [1.165, 1.54) is 0 Å². The zero-order valence-corrected chi connectivity index (χ0v) is 10.2. The number of thiazole rings is 1. The molecule has 1 heterocycles. The van der Waals surface area contributed by atoms with Gasteiger partial charge in [-0.2, -0.15) is 0 Å². The molecule has 2 rings (SSSR count). The highest BCUT2D eigenvalue weighted by Gasteiger charge is 1.98. The molecule has 0 N–H and O–H groups in total. The second kappa shape index (κ2) is 5.46. The number of nitrogens with zero attached hydrogens (tertiary/aromatic N) is 1. The van der Waals surface area contributed by atoms with E-state index >= 15 is 0 Å². The average molecular weight is 245 g/mol. The van der Waals surface area contributed by atoms with Crippen molar-refractivity contribution in [3.05, 3.63) is 29.3 Å². The number of fused-ring (bicyclic) bond motifs is 1. The summed E-state index contributed by atoms with van der Waals surface area (Å²) < 4.78 is 5.89. The fourth-order valence-corrected chi connectivity index (χ4v) is 2.08. The van der Waals surface area contributed by atoms with Crippen molar-refractivity contribution < 1.29 is 9.53 Å². The zero-order chi connectivity index (χ0) is 12.1. The van der Waals surface area contributed by atoms with Crippen LogP contribution in [0.3, 0.4) is 0 Å². The van der Waals surface area contributed by atoms with Crippen LogP contribution >= 0.6 is 11.3 Å². The first kappa shape index (κ1) is 11.6. The number of carbonyl (C=O) groups excluding carboxylic acids is 1. The van der Waals surface area contributed by atoms with Crippen molar-refractivity contribution in [2.75, 3.05) is 6.61 Å². The number of benzene rings is 1. The van der Waals surface area contributed by atoms with Gasteiger partial charge >= 0.3 is 5.97 Å². The van der Waals surface area contributed by atoms with Gasteiger partial charge < -0.3 is 4.74 Å². The zero-order valence-electron chi connectivity index (χ0n) is 9.40. The number of hydrogen-bond acceptors (Lipinski definition) is 4. The molecule has 17 heavy (non-hydrogen) atoms. The minimum Gasteiger partial charge on any atom is -0.465 e. The molecule has 3 nitrogen and oxygen atoms in total. The first-order valence-electron chi connectivity index (χ1n) is 5.27. The monoisotopic (exact) mass is 245 g/mol. The van der Waals surface area contributed by atoms with E-state index in [9.17, 15) is 4.79 Å². The predicted octanol–water partition coefficient (Wildman–Crippen LogP) is 2.60. The van der Waals surface area contributed by atoms with Crippen LogP contribution in [0.5, 0.6) is 0 Å². The molecule has 0 bridgehead atoms. The van der Waals surface area contributed by atoms with Crippen LogP contribution in [0, 0.1) is 11.8 Å². The molecule has 0 aliphatic heterocycles. The van der Waals surface area contributed by atoms with Crippen LogP contribution in [0.2, 0.25) is 0 Å². The highest BCUT2D eigenvalue weighted by atomic mass is 32.1. The van der Waals surface area contributed by atoms with Gasteiger partial charge in [-0.1, -0.05) is 11.8 Å². The third-order valence-corrected chi connectivity index (χ3v) is 2.89. The van der Waals surface area contributed by atoms with Crippen LogP contribution in [-0.4, -0.2) is 17.6 Å². The summed E-state index contributed by atoms with van der Waals surface area (Å²) >= 11 is 1.58. The second-order valence-electron chi connectivity index (χ2n) is 3.32. The molecular weight excluding hydrogens is 234 g/mol. The molecule has 2 aromatic rings. The molecule has 0 spiro atoms. The third-order valence-electron chi connectivity index (χ3n) is 2.10. The summed E-state index contributed by atoms with van der Waals surface area (Å²) in [5, 5.41) is 0. The van der Waals surface area contributed by atoms with Crippen molar-refractivity contribution in [1.29, 1.82) is 0 Å². The van der Waals surface area contributed by atoms with Gasteiger partial charge in [-0.15, -0.1) is 11.3 Å². The van der Waals surface area contributed by atoms with Crippen LogP contribution in [0.1, 0.15) is 18.9 Å². The van der Waals surface area contributed by atoms with Crippen molar-refractivity contribution in [1.82, 2.24) is 4.98 Å². The molecule has 1 aromatic carbocycles. The number of esters is 1. The van der Waals surface area contributed by atoms with E-state index in [0.717, 1.165) is 15.8 Å². The SMILES string of the molecule is CCOC(=O)CC#Cc1ccc2ncsc2c1. The van der Waals surface area contributed by atoms with Gasteiger partial charge in [0.2, 0.25) is 0 Å². The Labute approximate surface area is 103 Å². The molecule has 86 valence electrons. The third kappa shape index (κ3) is 3.05. The Bertz CT molecular complexity index is 592. The Balaban J connectivity index is 2.07. The van der Waals surface area contributed by atoms with Crippen molar-refractivity contribution in [3.63, 3.8) is 0 Å². The number of hydrogen-bond donors (Lipinski definition) is 0. The van der Waals surface area contributed by atoms with E-state index in [-0.39, 0.29) is 12.4 Å². The number of aromatic nitrogens is 1. The molecular formula is C13H11NO2S. The average Bonchev–Trinajstić information content (AvgIpc) is 2.76. The van der Waals surface area contributed by atoms with Gasteiger partial charge in [0, 0.05) is 5.56 Å².